The van der Waals surface area contributed by atoms with E-state index in [-0.39, 0.29) is 0 Å². The van der Waals surface area contributed by atoms with Crippen molar-refractivity contribution in [2.45, 2.75) is 106 Å². The second-order valence-electron chi connectivity index (χ2n) is 8.50. The van der Waals surface area contributed by atoms with Crippen molar-refractivity contribution >= 4 is 6.29 Å². The number of unbranched alkanes of at least 4 members (excludes halogenated alkanes) is 1. The van der Waals surface area contributed by atoms with Crippen LogP contribution in [0.25, 0.3) is 0 Å². The van der Waals surface area contributed by atoms with Crippen LogP contribution in [0.1, 0.15) is 106 Å². The lowest BCUT2D eigenvalue weighted by molar-refractivity contribution is -0.108. The predicted molar refractivity (Wildman–Crippen MR) is 106 cm³/mol. The van der Waals surface area contributed by atoms with E-state index in [9.17, 15) is 4.79 Å². The SMILES string of the molecule is C=CCC(C)(C)C.CC(C)CC=O.CCCCC1CCCCC1. The van der Waals surface area contributed by atoms with E-state index >= 15 is 0 Å². The Kier molecular flexibility index (Phi) is 17.4. The molecule has 0 aromatic rings. The van der Waals surface area contributed by atoms with Crippen LogP contribution >= 0.6 is 0 Å². The normalized spacial score (nSPS) is 15.1. The minimum absolute atomic E-state index is 0.432. The average Bonchev–Trinajstić information content (AvgIpc) is 2.46. The van der Waals surface area contributed by atoms with Crippen molar-refractivity contribution < 1.29 is 4.79 Å². The predicted octanol–water partition coefficient (Wildman–Crippen LogP) is 7.60. The molecule has 138 valence electrons. The molecule has 0 unspecified atom stereocenters. The first-order chi connectivity index (χ1) is 10.8. The van der Waals surface area contributed by atoms with Crippen LogP contribution in [0.4, 0.5) is 0 Å². The molecule has 0 spiro atoms. The fourth-order valence-electron chi connectivity index (χ4n) is 2.59. The van der Waals surface area contributed by atoms with E-state index in [1.165, 1.54) is 51.4 Å². The van der Waals surface area contributed by atoms with Gasteiger partial charge in [0.1, 0.15) is 6.29 Å². The van der Waals surface area contributed by atoms with Gasteiger partial charge in [-0.1, -0.05) is 99.0 Å². The summed E-state index contributed by atoms with van der Waals surface area (Å²) in [5, 5.41) is 0. The molecule has 0 aromatic heterocycles. The van der Waals surface area contributed by atoms with Crippen LogP contribution in [0.3, 0.4) is 0 Å². The average molecular weight is 325 g/mol. The molecule has 1 fully saturated rings. The maximum Gasteiger partial charge on any atom is 0.120 e. The maximum atomic E-state index is 9.62. The quantitative estimate of drug-likeness (QED) is 0.363. The van der Waals surface area contributed by atoms with Crippen molar-refractivity contribution in [1.82, 2.24) is 0 Å². The van der Waals surface area contributed by atoms with Crippen LogP contribution in [-0.2, 0) is 4.79 Å². The third-order valence-corrected chi connectivity index (χ3v) is 4.02. The summed E-state index contributed by atoms with van der Waals surface area (Å²) in [6.07, 6.45) is 16.6. The standard InChI is InChI=1S/C10H20.C7H14.C5H10O/c1-2-3-7-10-8-5-4-6-9-10;1-5-6-7(2,3)4;1-5(2)3-4-6/h10H,2-9H2,1H3;5H,1,6H2,2-4H3;4-5H,3H2,1-2H3. The Morgan fingerprint density at radius 2 is 1.70 bits per heavy atom. The lowest BCUT2D eigenvalue weighted by Crippen LogP contribution is -2.05. The summed E-state index contributed by atoms with van der Waals surface area (Å²) in [4.78, 5) is 9.62. The fourth-order valence-corrected chi connectivity index (χ4v) is 2.59. The van der Waals surface area contributed by atoms with E-state index in [1.54, 1.807) is 0 Å². The van der Waals surface area contributed by atoms with Crippen molar-refractivity contribution in [3.05, 3.63) is 12.7 Å². The minimum atomic E-state index is 0.432. The summed E-state index contributed by atoms with van der Waals surface area (Å²) >= 11 is 0. The van der Waals surface area contributed by atoms with Gasteiger partial charge in [0.2, 0.25) is 0 Å². The summed E-state index contributed by atoms with van der Waals surface area (Å²) in [5.41, 5.74) is 0.432. The van der Waals surface area contributed by atoms with Crippen LogP contribution in [0.5, 0.6) is 0 Å². The lowest BCUT2D eigenvalue weighted by atomic mass is 9.86. The Labute approximate surface area is 147 Å². The van der Waals surface area contributed by atoms with Crippen LogP contribution in [0.15, 0.2) is 12.7 Å². The second kappa shape index (κ2) is 16.3. The Balaban J connectivity index is 0. The zero-order valence-electron chi connectivity index (χ0n) is 17.0. The number of rotatable bonds is 6. The van der Waals surface area contributed by atoms with Crippen LogP contribution < -0.4 is 0 Å². The summed E-state index contributed by atoms with van der Waals surface area (Å²) in [5.74, 6) is 1.64. The first-order valence-electron chi connectivity index (χ1n) is 9.81. The van der Waals surface area contributed by atoms with E-state index < -0.39 is 0 Å². The molecule has 1 aliphatic carbocycles. The van der Waals surface area contributed by atoms with E-state index in [1.807, 2.05) is 19.9 Å². The van der Waals surface area contributed by atoms with Gasteiger partial charge >= 0.3 is 0 Å². The summed E-state index contributed by atoms with van der Waals surface area (Å²) in [6.45, 7) is 16.6. The van der Waals surface area contributed by atoms with Crippen molar-refractivity contribution in [2.24, 2.45) is 17.3 Å². The summed E-state index contributed by atoms with van der Waals surface area (Å²) in [6, 6.07) is 0. The molecule has 0 N–H and O–H groups in total. The van der Waals surface area contributed by atoms with Gasteiger partial charge in [0.05, 0.1) is 0 Å². The fraction of sp³-hybridized carbons (Fsp3) is 0.864. The zero-order valence-corrected chi connectivity index (χ0v) is 17.0. The molecule has 1 nitrogen and oxygen atoms in total. The molecule has 1 aliphatic rings. The third-order valence-electron chi connectivity index (χ3n) is 4.02. The molecule has 1 heteroatoms. The number of hydrogen-bond donors (Lipinski definition) is 0. The Hall–Kier alpha value is -0.590. The van der Waals surface area contributed by atoms with E-state index in [4.69, 9.17) is 0 Å². The number of carbonyl (C=O) groups excluding carboxylic acids is 1. The number of allylic oxidation sites excluding steroid dienone is 1. The second-order valence-corrected chi connectivity index (χ2v) is 8.50. The number of carbonyl (C=O) groups is 1. The first-order valence-corrected chi connectivity index (χ1v) is 9.81. The van der Waals surface area contributed by atoms with Gasteiger partial charge in [-0.3, -0.25) is 0 Å². The zero-order chi connectivity index (χ0) is 18.1. The molecular formula is C22H44O. The molecule has 0 radical (unpaired) electrons. The highest BCUT2D eigenvalue weighted by molar-refractivity contribution is 5.49. The van der Waals surface area contributed by atoms with Crippen LogP contribution in [-0.4, -0.2) is 6.29 Å². The van der Waals surface area contributed by atoms with Gasteiger partial charge < -0.3 is 4.79 Å². The minimum Gasteiger partial charge on any atom is -0.303 e. The van der Waals surface area contributed by atoms with Crippen molar-refractivity contribution in [3.8, 4) is 0 Å². The molecule has 0 aromatic carbocycles. The van der Waals surface area contributed by atoms with Crippen molar-refractivity contribution in [1.29, 1.82) is 0 Å². The third kappa shape index (κ3) is 23.8. The summed E-state index contributed by atoms with van der Waals surface area (Å²) in [7, 11) is 0. The van der Waals surface area contributed by atoms with Gasteiger partial charge in [-0.2, -0.15) is 0 Å². The molecule has 0 amide bonds. The van der Waals surface area contributed by atoms with Gasteiger partial charge in [0, 0.05) is 6.42 Å². The molecule has 0 heterocycles. The topological polar surface area (TPSA) is 17.1 Å². The largest absolute Gasteiger partial charge is 0.303 e. The number of aldehydes is 1. The van der Waals surface area contributed by atoms with Crippen molar-refractivity contribution in [2.75, 3.05) is 0 Å². The van der Waals surface area contributed by atoms with Crippen LogP contribution in [0.2, 0.25) is 0 Å². The highest BCUT2D eigenvalue weighted by Crippen LogP contribution is 2.27. The van der Waals surface area contributed by atoms with Gasteiger partial charge in [-0.15, -0.1) is 6.58 Å². The first kappa shape index (κ1) is 24.7. The highest BCUT2D eigenvalue weighted by atomic mass is 16.1. The van der Waals surface area contributed by atoms with E-state index in [0.29, 0.717) is 17.8 Å². The molecule has 23 heavy (non-hydrogen) atoms. The maximum absolute atomic E-state index is 9.62. The molecule has 0 bridgehead atoms. The number of hydrogen-bond acceptors (Lipinski definition) is 1. The van der Waals surface area contributed by atoms with Gasteiger partial charge in [-0.05, 0) is 23.7 Å². The molecule has 0 atom stereocenters. The monoisotopic (exact) mass is 324 g/mol. The highest BCUT2D eigenvalue weighted by Gasteiger charge is 2.11. The molecule has 1 saturated carbocycles. The lowest BCUT2D eigenvalue weighted by Gasteiger charge is -2.20. The molecular weight excluding hydrogens is 280 g/mol. The van der Waals surface area contributed by atoms with Crippen LogP contribution in [0, 0.1) is 17.3 Å². The Bertz CT molecular complexity index is 254. The molecule has 1 rings (SSSR count). The van der Waals surface area contributed by atoms with Gasteiger partial charge in [-0.25, -0.2) is 0 Å². The van der Waals surface area contributed by atoms with E-state index in [2.05, 4.69) is 34.3 Å². The van der Waals surface area contributed by atoms with E-state index in [0.717, 1.165) is 18.6 Å². The Morgan fingerprint density at radius 3 is 1.96 bits per heavy atom. The van der Waals surface area contributed by atoms with Gasteiger partial charge in [0.15, 0.2) is 0 Å². The van der Waals surface area contributed by atoms with Crippen molar-refractivity contribution in [3.63, 3.8) is 0 Å². The Morgan fingerprint density at radius 1 is 1.13 bits per heavy atom. The summed E-state index contributed by atoms with van der Waals surface area (Å²) < 4.78 is 0. The molecule has 0 saturated heterocycles. The smallest absolute Gasteiger partial charge is 0.120 e. The molecule has 0 aliphatic heterocycles. The van der Waals surface area contributed by atoms with Gasteiger partial charge in [0.25, 0.3) is 0 Å².